The van der Waals surface area contributed by atoms with Crippen molar-refractivity contribution >= 4 is 5.91 Å². The van der Waals surface area contributed by atoms with Crippen molar-refractivity contribution in [3.05, 3.63) is 12.7 Å². The van der Waals surface area contributed by atoms with Crippen molar-refractivity contribution in [2.75, 3.05) is 13.2 Å². The maximum atomic E-state index is 11.6. The number of nitrogens with two attached hydrogens (primary N) is 1. The van der Waals surface area contributed by atoms with Crippen LogP contribution in [0.1, 0.15) is 26.2 Å². The van der Waals surface area contributed by atoms with Gasteiger partial charge in [0.1, 0.15) is 0 Å². The Labute approximate surface area is 97.2 Å². The summed E-state index contributed by atoms with van der Waals surface area (Å²) in [4.78, 5) is 11.6. The summed E-state index contributed by atoms with van der Waals surface area (Å²) in [5.74, 6) is 0.339. The van der Waals surface area contributed by atoms with Crippen LogP contribution >= 0.6 is 0 Å². The first-order valence-electron chi connectivity index (χ1n) is 5.94. The summed E-state index contributed by atoms with van der Waals surface area (Å²) in [7, 11) is 0. The lowest BCUT2D eigenvalue weighted by Crippen LogP contribution is -2.43. The smallest absolute Gasteiger partial charge is 0.237 e. The van der Waals surface area contributed by atoms with E-state index in [1.807, 2.05) is 0 Å². The molecule has 0 aliphatic carbocycles. The van der Waals surface area contributed by atoms with Crippen LogP contribution in [0.25, 0.3) is 0 Å². The summed E-state index contributed by atoms with van der Waals surface area (Å²) in [5, 5.41) is 2.88. The molecule has 1 fully saturated rings. The highest BCUT2D eigenvalue weighted by molar-refractivity contribution is 5.81. The third kappa shape index (κ3) is 3.61. The number of rotatable bonds is 6. The van der Waals surface area contributed by atoms with E-state index in [-0.39, 0.29) is 12.0 Å². The fourth-order valence-electron chi connectivity index (χ4n) is 2.03. The fraction of sp³-hybridized carbons (Fsp3) is 0.750. The molecule has 0 aromatic rings. The van der Waals surface area contributed by atoms with E-state index in [1.54, 1.807) is 6.08 Å². The third-order valence-corrected chi connectivity index (χ3v) is 3.04. The number of hydrogen-bond acceptors (Lipinski definition) is 3. The summed E-state index contributed by atoms with van der Waals surface area (Å²) < 4.78 is 5.56. The van der Waals surface area contributed by atoms with Crippen molar-refractivity contribution in [3.63, 3.8) is 0 Å². The third-order valence-electron chi connectivity index (χ3n) is 3.04. The van der Waals surface area contributed by atoms with Gasteiger partial charge in [0.2, 0.25) is 5.91 Å². The van der Waals surface area contributed by atoms with Crippen molar-refractivity contribution in [1.82, 2.24) is 5.32 Å². The zero-order valence-corrected chi connectivity index (χ0v) is 9.95. The Hall–Kier alpha value is -0.870. The summed E-state index contributed by atoms with van der Waals surface area (Å²) >= 11 is 0. The van der Waals surface area contributed by atoms with E-state index < -0.39 is 6.04 Å². The lowest BCUT2D eigenvalue weighted by molar-refractivity contribution is -0.122. The predicted octanol–water partition coefficient (Wildman–Crippen LogP) is 0.821. The molecule has 0 spiro atoms. The molecule has 0 bridgehead atoms. The fourth-order valence-corrected chi connectivity index (χ4v) is 2.03. The van der Waals surface area contributed by atoms with Crippen LogP contribution in [0.4, 0.5) is 0 Å². The number of carbonyl (C=O) groups is 1. The topological polar surface area (TPSA) is 64.4 Å². The van der Waals surface area contributed by atoms with Gasteiger partial charge in [-0.15, -0.1) is 6.58 Å². The van der Waals surface area contributed by atoms with Crippen molar-refractivity contribution in [1.29, 1.82) is 0 Å². The minimum atomic E-state index is -0.472. The Morgan fingerprint density at radius 3 is 3.12 bits per heavy atom. The van der Waals surface area contributed by atoms with E-state index in [4.69, 9.17) is 10.5 Å². The molecule has 3 unspecified atom stereocenters. The van der Waals surface area contributed by atoms with Crippen LogP contribution in [-0.2, 0) is 9.53 Å². The second-order valence-corrected chi connectivity index (χ2v) is 4.24. The number of hydrogen-bond donors (Lipinski definition) is 2. The largest absolute Gasteiger partial charge is 0.378 e. The van der Waals surface area contributed by atoms with E-state index in [9.17, 15) is 4.79 Å². The highest BCUT2D eigenvalue weighted by Gasteiger charge is 2.27. The first kappa shape index (κ1) is 13.2. The van der Waals surface area contributed by atoms with Gasteiger partial charge >= 0.3 is 0 Å². The van der Waals surface area contributed by atoms with Crippen LogP contribution < -0.4 is 11.1 Å². The number of nitrogens with one attached hydrogen (secondary N) is 1. The molecule has 1 aliphatic heterocycles. The molecular weight excluding hydrogens is 204 g/mol. The van der Waals surface area contributed by atoms with Crippen molar-refractivity contribution in [3.8, 4) is 0 Å². The Balaban J connectivity index is 2.28. The van der Waals surface area contributed by atoms with Crippen molar-refractivity contribution in [2.45, 2.75) is 38.3 Å². The minimum absolute atomic E-state index is 0.0957. The first-order valence-corrected chi connectivity index (χ1v) is 5.94. The minimum Gasteiger partial charge on any atom is -0.378 e. The highest BCUT2D eigenvalue weighted by atomic mass is 16.5. The quantitative estimate of drug-likeness (QED) is 0.659. The number of carbonyl (C=O) groups excluding carboxylic acids is 1. The van der Waals surface area contributed by atoms with Gasteiger partial charge in [-0.3, -0.25) is 4.79 Å². The highest BCUT2D eigenvalue weighted by Crippen LogP contribution is 2.22. The van der Waals surface area contributed by atoms with Gasteiger partial charge in [-0.25, -0.2) is 0 Å². The van der Waals surface area contributed by atoms with E-state index in [2.05, 4.69) is 18.8 Å². The number of ether oxygens (including phenoxy) is 1. The Bertz CT molecular complexity index is 243. The molecule has 1 amide bonds. The molecule has 3 N–H and O–H groups in total. The molecule has 0 radical (unpaired) electrons. The molecule has 92 valence electrons. The van der Waals surface area contributed by atoms with Gasteiger partial charge in [0.25, 0.3) is 0 Å². The van der Waals surface area contributed by atoms with E-state index in [0.717, 1.165) is 19.4 Å². The maximum absolute atomic E-state index is 11.6. The summed E-state index contributed by atoms with van der Waals surface area (Å²) in [6.07, 6.45) is 4.49. The molecule has 4 heteroatoms. The van der Waals surface area contributed by atoms with Gasteiger partial charge in [0.05, 0.1) is 12.1 Å². The summed E-state index contributed by atoms with van der Waals surface area (Å²) in [6, 6.07) is -0.472. The SMILES string of the molecule is C=CCC(N)C(=O)NCC1CCOC1CC. The normalized spacial score (nSPS) is 26.4. The van der Waals surface area contributed by atoms with Crippen LogP contribution in [0.2, 0.25) is 0 Å². The standard InChI is InChI=1S/C12H22N2O2/c1-3-5-10(13)12(15)14-8-9-6-7-16-11(9)4-2/h3,9-11H,1,4-8,13H2,2H3,(H,14,15). The number of amides is 1. The zero-order valence-electron chi connectivity index (χ0n) is 9.95. The molecule has 16 heavy (non-hydrogen) atoms. The molecular formula is C12H22N2O2. The Morgan fingerprint density at radius 1 is 1.75 bits per heavy atom. The van der Waals surface area contributed by atoms with Gasteiger partial charge in [-0.05, 0) is 19.3 Å². The lowest BCUT2D eigenvalue weighted by atomic mass is 9.99. The molecule has 0 saturated carbocycles. The van der Waals surface area contributed by atoms with Crippen LogP contribution in [0.3, 0.4) is 0 Å². The molecule has 4 nitrogen and oxygen atoms in total. The van der Waals surface area contributed by atoms with Crippen molar-refractivity contribution < 1.29 is 9.53 Å². The molecule has 3 atom stereocenters. The molecule has 1 rings (SSSR count). The van der Waals surface area contributed by atoms with Gasteiger partial charge in [0, 0.05) is 19.1 Å². The van der Waals surface area contributed by atoms with E-state index >= 15 is 0 Å². The van der Waals surface area contributed by atoms with E-state index in [0.29, 0.717) is 18.9 Å². The van der Waals surface area contributed by atoms with Crippen LogP contribution in [0, 0.1) is 5.92 Å². The predicted molar refractivity (Wildman–Crippen MR) is 63.9 cm³/mol. The lowest BCUT2D eigenvalue weighted by Gasteiger charge is -2.18. The maximum Gasteiger partial charge on any atom is 0.237 e. The van der Waals surface area contributed by atoms with Crippen LogP contribution in [0.5, 0.6) is 0 Å². The molecule has 1 heterocycles. The van der Waals surface area contributed by atoms with Gasteiger partial charge < -0.3 is 15.8 Å². The Kier molecular flexibility index (Phi) is 5.49. The average Bonchev–Trinajstić information content (AvgIpc) is 2.73. The van der Waals surface area contributed by atoms with Gasteiger partial charge in [0.15, 0.2) is 0 Å². The van der Waals surface area contributed by atoms with Gasteiger partial charge in [-0.2, -0.15) is 0 Å². The average molecular weight is 226 g/mol. The molecule has 1 saturated heterocycles. The van der Waals surface area contributed by atoms with Crippen molar-refractivity contribution in [2.24, 2.45) is 11.7 Å². The monoisotopic (exact) mass is 226 g/mol. The van der Waals surface area contributed by atoms with Gasteiger partial charge in [-0.1, -0.05) is 13.0 Å². The zero-order chi connectivity index (χ0) is 12.0. The second-order valence-electron chi connectivity index (χ2n) is 4.24. The second kappa shape index (κ2) is 6.66. The molecule has 0 aromatic heterocycles. The van der Waals surface area contributed by atoms with Crippen LogP contribution in [-0.4, -0.2) is 31.2 Å². The Morgan fingerprint density at radius 2 is 2.50 bits per heavy atom. The van der Waals surface area contributed by atoms with E-state index in [1.165, 1.54) is 0 Å². The summed E-state index contributed by atoms with van der Waals surface area (Å²) in [5.41, 5.74) is 5.67. The molecule has 0 aromatic carbocycles. The molecule has 1 aliphatic rings. The van der Waals surface area contributed by atoms with Crippen LogP contribution in [0.15, 0.2) is 12.7 Å². The summed E-state index contributed by atoms with van der Waals surface area (Å²) in [6.45, 7) is 7.14. The first-order chi connectivity index (χ1) is 7.69.